The maximum atomic E-state index is 10.5. The number of hydrogen-bond donors (Lipinski definition) is 2. The van der Waals surface area contributed by atoms with Gasteiger partial charge in [0.15, 0.2) is 0 Å². The molecule has 2 heterocycles. The van der Waals surface area contributed by atoms with Crippen LogP contribution in [0.1, 0.15) is 26.7 Å². The summed E-state index contributed by atoms with van der Waals surface area (Å²) in [6.07, 6.45) is 19.3. The molecule has 0 radical (unpaired) electrons. The van der Waals surface area contributed by atoms with E-state index in [9.17, 15) is 10.2 Å². The van der Waals surface area contributed by atoms with Gasteiger partial charge < -0.3 is 19.7 Å². The number of hydrogen-bond acceptors (Lipinski definition) is 4. The van der Waals surface area contributed by atoms with Crippen LogP contribution in [0.5, 0.6) is 0 Å². The van der Waals surface area contributed by atoms with Gasteiger partial charge in [0.2, 0.25) is 0 Å². The fourth-order valence-corrected chi connectivity index (χ4v) is 3.52. The van der Waals surface area contributed by atoms with Gasteiger partial charge in [-0.15, -0.1) is 0 Å². The van der Waals surface area contributed by atoms with Gasteiger partial charge >= 0.3 is 0 Å². The van der Waals surface area contributed by atoms with Crippen LogP contribution in [0.3, 0.4) is 0 Å². The third kappa shape index (κ3) is 6.42. The summed E-state index contributed by atoms with van der Waals surface area (Å²) in [5.41, 5.74) is 1.01. The molecule has 0 amide bonds. The highest BCUT2D eigenvalue weighted by atomic mass is 16.5. The van der Waals surface area contributed by atoms with Gasteiger partial charge in [-0.3, -0.25) is 0 Å². The van der Waals surface area contributed by atoms with Gasteiger partial charge in [0.05, 0.1) is 31.5 Å². The van der Waals surface area contributed by atoms with Crippen LogP contribution < -0.4 is 0 Å². The molecule has 0 aromatic heterocycles. The van der Waals surface area contributed by atoms with Crippen molar-refractivity contribution in [2.75, 3.05) is 13.2 Å². The monoisotopic (exact) mass is 386 g/mol. The van der Waals surface area contributed by atoms with Crippen molar-refractivity contribution in [1.29, 1.82) is 0 Å². The minimum Gasteiger partial charge on any atom is -0.390 e. The smallest absolute Gasteiger partial charge is 0.103 e. The molecule has 2 rings (SSSR count). The second-order valence-electron chi connectivity index (χ2n) is 7.28. The molecule has 0 spiro atoms. The molecule has 4 nitrogen and oxygen atoms in total. The predicted molar refractivity (Wildman–Crippen MR) is 114 cm³/mol. The first-order valence-corrected chi connectivity index (χ1v) is 10.1. The molecular formula is C24H34O4. The molecule has 28 heavy (non-hydrogen) atoms. The van der Waals surface area contributed by atoms with E-state index in [-0.39, 0.29) is 24.0 Å². The van der Waals surface area contributed by atoms with E-state index in [0.717, 1.165) is 12.0 Å². The summed E-state index contributed by atoms with van der Waals surface area (Å²) in [6, 6.07) is 0. The number of allylic oxidation sites excluding steroid dienone is 8. The molecular weight excluding hydrogens is 352 g/mol. The van der Waals surface area contributed by atoms with Crippen LogP contribution in [0.2, 0.25) is 0 Å². The molecule has 6 unspecified atom stereocenters. The van der Waals surface area contributed by atoms with Crippen molar-refractivity contribution in [1.82, 2.24) is 0 Å². The minimum atomic E-state index is -0.564. The second-order valence-corrected chi connectivity index (χ2v) is 7.28. The van der Waals surface area contributed by atoms with Crippen molar-refractivity contribution in [2.45, 2.75) is 51.1 Å². The van der Waals surface area contributed by atoms with Crippen LogP contribution in [0.15, 0.2) is 72.9 Å². The maximum absolute atomic E-state index is 10.5. The van der Waals surface area contributed by atoms with E-state index in [4.69, 9.17) is 9.47 Å². The first-order chi connectivity index (χ1) is 13.6. The Balaban J connectivity index is 1.88. The van der Waals surface area contributed by atoms with Crippen molar-refractivity contribution < 1.29 is 19.7 Å². The van der Waals surface area contributed by atoms with Crippen molar-refractivity contribution in [2.24, 2.45) is 11.8 Å². The quantitative estimate of drug-likeness (QED) is 0.590. The molecule has 6 atom stereocenters. The molecule has 0 aromatic rings. The second kappa shape index (κ2) is 12.0. The van der Waals surface area contributed by atoms with Gasteiger partial charge in [0.25, 0.3) is 0 Å². The Kier molecular flexibility index (Phi) is 9.65. The number of ether oxygens (including phenoxy) is 2. The topological polar surface area (TPSA) is 58.9 Å². The van der Waals surface area contributed by atoms with Gasteiger partial charge in [0, 0.05) is 11.8 Å². The lowest BCUT2D eigenvalue weighted by Gasteiger charge is -2.17. The molecule has 4 heteroatoms. The van der Waals surface area contributed by atoms with E-state index in [0.29, 0.717) is 19.6 Å². The number of rotatable bonds is 9. The summed E-state index contributed by atoms with van der Waals surface area (Å²) in [6.45, 7) is 8.85. The standard InChI is InChI=1S/C24H34O4/c1-4-7-9-11-19-16-27-21(23(19)25)14-13-18(6-3)15-22-24(26)20(17-28-22)12-10-8-5-2/h4-12,15,19-26H,3,13-14,16-17H2,1-2H3. The van der Waals surface area contributed by atoms with E-state index in [1.165, 1.54) is 0 Å². The largest absolute Gasteiger partial charge is 0.390 e. The maximum Gasteiger partial charge on any atom is 0.103 e. The Morgan fingerprint density at radius 3 is 2.14 bits per heavy atom. The molecule has 0 saturated carbocycles. The van der Waals surface area contributed by atoms with Gasteiger partial charge in [-0.2, -0.15) is 0 Å². The molecule has 0 aliphatic carbocycles. The summed E-state index contributed by atoms with van der Waals surface area (Å²) < 4.78 is 11.5. The summed E-state index contributed by atoms with van der Waals surface area (Å²) >= 11 is 0. The third-order valence-electron chi connectivity index (χ3n) is 5.26. The zero-order valence-electron chi connectivity index (χ0n) is 17.0. The summed E-state index contributed by atoms with van der Waals surface area (Å²) in [4.78, 5) is 0. The zero-order valence-corrected chi connectivity index (χ0v) is 17.0. The first kappa shape index (κ1) is 22.6. The van der Waals surface area contributed by atoms with Crippen molar-refractivity contribution >= 4 is 0 Å². The minimum absolute atomic E-state index is 0.00628. The lowest BCUT2D eigenvalue weighted by Crippen LogP contribution is -2.26. The zero-order chi connectivity index (χ0) is 20.4. The van der Waals surface area contributed by atoms with Gasteiger partial charge in [0.1, 0.15) is 6.10 Å². The Bertz CT molecular complexity index is 629. The molecule has 2 aliphatic rings. The fraction of sp³-hybridized carbons (Fsp3) is 0.500. The average Bonchev–Trinajstić information content (AvgIpc) is 3.22. The van der Waals surface area contributed by atoms with Gasteiger partial charge in [-0.1, -0.05) is 67.3 Å². The average molecular weight is 387 g/mol. The van der Waals surface area contributed by atoms with E-state index < -0.39 is 12.2 Å². The fourth-order valence-electron chi connectivity index (χ4n) is 3.52. The summed E-state index contributed by atoms with van der Waals surface area (Å²) in [5, 5.41) is 21.0. The van der Waals surface area contributed by atoms with Crippen molar-refractivity contribution in [3.05, 3.63) is 72.9 Å². The predicted octanol–water partition coefficient (Wildman–Crippen LogP) is 3.90. The highest BCUT2D eigenvalue weighted by Gasteiger charge is 2.35. The van der Waals surface area contributed by atoms with Crippen LogP contribution in [0, 0.1) is 11.8 Å². The molecule has 2 fully saturated rings. The van der Waals surface area contributed by atoms with Crippen molar-refractivity contribution in [3.8, 4) is 0 Å². The molecule has 0 bridgehead atoms. The molecule has 154 valence electrons. The first-order valence-electron chi connectivity index (χ1n) is 10.1. The Hall–Kier alpha value is -1.72. The molecule has 2 N–H and O–H groups in total. The Labute approximate surface area is 169 Å². The third-order valence-corrected chi connectivity index (χ3v) is 5.26. The van der Waals surface area contributed by atoms with Crippen molar-refractivity contribution in [3.63, 3.8) is 0 Å². The summed E-state index contributed by atoms with van der Waals surface area (Å²) in [7, 11) is 0. The lowest BCUT2D eigenvalue weighted by atomic mass is 9.95. The van der Waals surface area contributed by atoms with Gasteiger partial charge in [-0.05, 0) is 32.3 Å². The summed E-state index contributed by atoms with van der Waals surface area (Å²) in [5.74, 6) is 0.0234. The van der Waals surface area contributed by atoms with Crippen LogP contribution in [-0.4, -0.2) is 47.8 Å². The normalized spacial score (nSPS) is 34.6. The Morgan fingerprint density at radius 1 is 0.929 bits per heavy atom. The van der Waals surface area contributed by atoms with E-state index in [2.05, 4.69) is 6.58 Å². The van der Waals surface area contributed by atoms with E-state index in [1.807, 2.05) is 68.5 Å². The Morgan fingerprint density at radius 2 is 1.54 bits per heavy atom. The van der Waals surface area contributed by atoms with E-state index >= 15 is 0 Å². The highest BCUT2D eigenvalue weighted by molar-refractivity contribution is 5.21. The van der Waals surface area contributed by atoms with Crippen LogP contribution in [-0.2, 0) is 9.47 Å². The molecule has 0 aromatic carbocycles. The van der Waals surface area contributed by atoms with E-state index in [1.54, 1.807) is 6.08 Å². The molecule has 2 saturated heterocycles. The van der Waals surface area contributed by atoms with Gasteiger partial charge in [-0.25, -0.2) is 0 Å². The highest BCUT2D eigenvalue weighted by Crippen LogP contribution is 2.28. The SMILES string of the molecule is C=CC(=CC1OCC(C=CC=CC)C1O)CCC1OCC(C=CC=CC)C1O. The molecule has 2 aliphatic heterocycles. The van der Waals surface area contributed by atoms with Crippen LogP contribution in [0.25, 0.3) is 0 Å². The number of aliphatic hydroxyl groups is 2. The number of aliphatic hydroxyl groups excluding tert-OH is 2. The van der Waals surface area contributed by atoms with Crippen LogP contribution >= 0.6 is 0 Å². The van der Waals surface area contributed by atoms with Crippen LogP contribution in [0.4, 0.5) is 0 Å². The lowest BCUT2D eigenvalue weighted by molar-refractivity contribution is 0.0352.